The van der Waals surface area contributed by atoms with Gasteiger partial charge < -0.3 is 0 Å². The molecule has 0 saturated carbocycles. The maximum Gasteiger partial charge on any atom is 0.281 e. The molecule has 0 atom stereocenters. The van der Waals surface area contributed by atoms with Gasteiger partial charge in [0.2, 0.25) is 0 Å². The Morgan fingerprint density at radius 2 is 1.65 bits per heavy atom. The number of carbonyl (C=O) groups excluding carboxylic acids is 1. The molecule has 0 unspecified atom stereocenters. The second kappa shape index (κ2) is 5.00. The van der Waals surface area contributed by atoms with Crippen LogP contribution in [0.2, 0.25) is 0 Å². The van der Waals surface area contributed by atoms with Gasteiger partial charge in [0.1, 0.15) is 11.3 Å². The third-order valence-corrected chi connectivity index (χ3v) is 2.44. The molecule has 1 aromatic carbocycles. The highest BCUT2D eigenvalue weighted by Crippen LogP contribution is 2.33. The Kier molecular flexibility index (Phi) is 3.89. The largest absolute Gasteiger partial charge is 0.300 e. The number of nitro benzene ring substituents is 2. The quantitative estimate of drug-likeness (QED) is 0.627. The molecule has 0 aliphatic heterocycles. The molecule has 0 spiro atoms. The molecule has 0 saturated heterocycles. The van der Waals surface area contributed by atoms with Crippen LogP contribution in [0.15, 0.2) is 16.6 Å². The molecule has 0 amide bonds. The van der Waals surface area contributed by atoms with Crippen molar-refractivity contribution >= 4 is 33.1 Å². The van der Waals surface area contributed by atoms with E-state index >= 15 is 0 Å². The van der Waals surface area contributed by atoms with Gasteiger partial charge in [-0.25, -0.2) is 0 Å². The van der Waals surface area contributed by atoms with E-state index < -0.39 is 21.2 Å². The number of nitro groups is 2. The smallest absolute Gasteiger partial charge is 0.281 e. The van der Waals surface area contributed by atoms with Gasteiger partial charge in [-0.1, -0.05) is 15.9 Å². The van der Waals surface area contributed by atoms with Gasteiger partial charge in [0.25, 0.3) is 11.4 Å². The van der Waals surface area contributed by atoms with Crippen LogP contribution in [0.1, 0.15) is 12.5 Å². The van der Waals surface area contributed by atoms with E-state index in [4.69, 9.17) is 0 Å². The zero-order chi connectivity index (χ0) is 13.2. The minimum atomic E-state index is -0.740. The molecule has 0 aliphatic rings. The molecule has 17 heavy (non-hydrogen) atoms. The second-order valence-electron chi connectivity index (χ2n) is 3.32. The van der Waals surface area contributed by atoms with Crippen molar-refractivity contribution in [1.82, 2.24) is 0 Å². The molecule has 0 aliphatic carbocycles. The highest BCUT2D eigenvalue weighted by atomic mass is 79.9. The number of carbonyl (C=O) groups is 1. The fourth-order valence-electron chi connectivity index (χ4n) is 1.36. The predicted molar refractivity (Wildman–Crippen MR) is 61.8 cm³/mol. The summed E-state index contributed by atoms with van der Waals surface area (Å²) in [6.45, 7) is 1.22. The van der Waals surface area contributed by atoms with Crippen molar-refractivity contribution in [2.75, 3.05) is 0 Å². The van der Waals surface area contributed by atoms with Crippen molar-refractivity contribution in [2.24, 2.45) is 0 Å². The van der Waals surface area contributed by atoms with E-state index in [9.17, 15) is 25.0 Å². The van der Waals surface area contributed by atoms with Crippen LogP contribution < -0.4 is 0 Å². The van der Waals surface area contributed by atoms with Crippen molar-refractivity contribution in [1.29, 1.82) is 0 Å². The summed E-state index contributed by atoms with van der Waals surface area (Å²) in [7, 11) is 0. The number of hydrogen-bond acceptors (Lipinski definition) is 5. The number of rotatable bonds is 4. The molecule has 1 aromatic rings. The van der Waals surface area contributed by atoms with Gasteiger partial charge in [0.05, 0.1) is 9.85 Å². The van der Waals surface area contributed by atoms with Gasteiger partial charge >= 0.3 is 0 Å². The Morgan fingerprint density at radius 3 is 1.94 bits per heavy atom. The normalized spacial score (nSPS) is 10.0. The van der Waals surface area contributed by atoms with Crippen LogP contribution in [0, 0.1) is 20.2 Å². The summed E-state index contributed by atoms with van der Waals surface area (Å²) in [4.78, 5) is 31.1. The summed E-state index contributed by atoms with van der Waals surface area (Å²) in [6.07, 6.45) is -0.333. The van der Waals surface area contributed by atoms with Gasteiger partial charge in [-0.05, 0) is 6.92 Å². The van der Waals surface area contributed by atoms with E-state index in [0.29, 0.717) is 0 Å². The lowest BCUT2D eigenvalue weighted by molar-refractivity contribution is -0.395. The van der Waals surface area contributed by atoms with E-state index in [1.54, 1.807) is 0 Å². The van der Waals surface area contributed by atoms with Crippen LogP contribution in [0.5, 0.6) is 0 Å². The number of ketones is 1. The van der Waals surface area contributed by atoms with E-state index in [1.807, 2.05) is 0 Å². The van der Waals surface area contributed by atoms with Crippen molar-refractivity contribution in [3.63, 3.8) is 0 Å². The van der Waals surface area contributed by atoms with Crippen LogP contribution in [0.3, 0.4) is 0 Å². The summed E-state index contributed by atoms with van der Waals surface area (Å²) in [5, 5.41) is 21.6. The first-order chi connectivity index (χ1) is 7.82. The van der Waals surface area contributed by atoms with Crippen molar-refractivity contribution < 1.29 is 14.6 Å². The first-order valence-corrected chi connectivity index (χ1v) is 5.23. The summed E-state index contributed by atoms with van der Waals surface area (Å²) in [5.41, 5.74) is -1.03. The number of nitrogens with zero attached hydrogens (tertiary/aromatic N) is 2. The van der Waals surface area contributed by atoms with Crippen LogP contribution in [0.25, 0.3) is 0 Å². The van der Waals surface area contributed by atoms with Gasteiger partial charge in [-0.2, -0.15) is 0 Å². The van der Waals surface area contributed by atoms with Crippen molar-refractivity contribution in [2.45, 2.75) is 13.3 Å². The second-order valence-corrected chi connectivity index (χ2v) is 4.23. The molecule has 90 valence electrons. The monoisotopic (exact) mass is 302 g/mol. The first kappa shape index (κ1) is 13.2. The Morgan fingerprint density at radius 1 is 1.24 bits per heavy atom. The standard InChI is InChI=1S/C9H7BrN2O5/c1-5(13)2-7-8(11(14)15)3-6(10)4-9(7)12(16)17/h3-4H,2H2,1H3. The van der Waals surface area contributed by atoms with E-state index in [-0.39, 0.29) is 22.2 Å². The lowest BCUT2D eigenvalue weighted by atomic mass is 10.1. The maximum absolute atomic E-state index is 11.0. The average molecular weight is 303 g/mol. The van der Waals surface area contributed by atoms with Crippen LogP contribution in [-0.4, -0.2) is 15.6 Å². The lowest BCUT2D eigenvalue weighted by Gasteiger charge is -2.03. The topological polar surface area (TPSA) is 103 Å². The molecule has 0 heterocycles. The Balaban J connectivity index is 3.52. The Hall–Kier alpha value is -1.83. The van der Waals surface area contributed by atoms with E-state index in [1.165, 1.54) is 6.92 Å². The summed E-state index contributed by atoms with van der Waals surface area (Å²) in [6, 6.07) is 2.29. The maximum atomic E-state index is 11.0. The van der Waals surface area contributed by atoms with Crippen molar-refractivity contribution in [3.8, 4) is 0 Å². The highest BCUT2D eigenvalue weighted by molar-refractivity contribution is 9.10. The molecule has 1 rings (SSSR count). The molecular weight excluding hydrogens is 296 g/mol. The molecule has 8 heteroatoms. The molecule has 0 aromatic heterocycles. The fourth-order valence-corrected chi connectivity index (χ4v) is 1.80. The van der Waals surface area contributed by atoms with E-state index in [2.05, 4.69) is 15.9 Å². The molecule has 0 radical (unpaired) electrons. The Bertz CT molecular complexity index is 479. The number of halogens is 1. The van der Waals surface area contributed by atoms with Crippen LogP contribution in [0.4, 0.5) is 11.4 Å². The molecule has 0 N–H and O–H groups in total. The molecule has 0 fully saturated rings. The average Bonchev–Trinajstić information content (AvgIpc) is 2.18. The number of Topliss-reactive ketones (excluding diaryl/α,β-unsaturated/α-hetero) is 1. The zero-order valence-corrected chi connectivity index (χ0v) is 10.3. The van der Waals surface area contributed by atoms with Crippen LogP contribution >= 0.6 is 15.9 Å². The first-order valence-electron chi connectivity index (χ1n) is 4.43. The minimum absolute atomic E-state index is 0.171. The van der Waals surface area contributed by atoms with Gasteiger partial charge in [-0.15, -0.1) is 0 Å². The van der Waals surface area contributed by atoms with Crippen molar-refractivity contribution in [3.05, 3.63) is 42.4 Å². The highest BCUT2D eigenvalue weighted by Gasteiger charge is 2.26. The van der Waals surface area contributed by atoms with Crippen LogP contribution in [-0.2, 0) is 11.2 Å². The minimum Gasteiger partial charge on any atom is -0.300 e. The predicted octanol–water partition coefficient (Wildman–Crippen LogP) is 2.40. The number of hydrogen-bond donors (Lipinski definition) is 0. The SMILES string of the molecule is CC(=O)Cc1c([N+](=O)[O-])cc(Br)cc1[N+](=O)[O-]. The fraction of sp³-hybridized carbons (Fsp3) is 0.222. The van der Waals surface area contributed by atoms with E-state index in [0.717, 1.165) is 12.1 Å². The zero-order valence-electron chi connectivity index (χ0n) is 8.68. The third kappa shape index (κ3) is 3.06. The molecular formula is C9H7BrN2O5. The summed E-state index contributed by atoms with van der Waals surface area (Å²) in [5.74, 6) is -0.376. The van der Waals surface area contributed by atoms with Gasteiger partial charge in [0, 0.05) is 23.0 Å². The molecule has 7 nitrogen and oxygen atoms in total. The van der Waals surface area contributed by atoms with Gasteiger partial charge in [0.15, 0.2) is 0 Å². The lowest BCUT2D eigenvalue weighted by Crippen LogP contribution is -2.05. The van der Waals surface area contributed by atoms with Gasteiger partial charge in [-0.3, -0.25) is 25.0 Å². The Labute approximate surface area is 104 Å². The molecule has 0 bridgehead atoms. The third-order valence-electron chi connectivity index (χ3n) is 1.99. The summed E-state index contributed by atoms with van der Waals surface area (Å²) < 4.78 is 0.225. The summed E-state index contributed by atoms with van der Waals surface area (Å²) >= 11 is 2.96. The number of benzene rings is 1.